The summed E-state index contributed by atoms with van der Waals surface area (Å²) in [5.74, 6) is 1.65. The second-order valence-corrected chi connectivity index (χ2v) is 9.95. The number of halogens is 1. The van der Waals surface area contributed by atoms with Crippen molar-refractivity contribution < 1.29 is 13.9 Å². The minimum atomic E-state index is -0.584. The zero-order valence-corrected chi connectivity index (χ0v) is 20.6. The Morgan fingerprint density at radius 1 is 1.09 bits per heavy atom. The molecule has 1 saturated heterocycles. The molecule has 1 fully saturated rings. The molecule has 2 aromatic carbocycles. The number of nitrogens with zero attached hydrogens (tertiary/aromatic N) is 3. The van der Waals surface area contributed by atoms with Gasteiger partial charge in [-0.1, -0.05) is 32.0 Å². The van der Waals surface area contributed by atoms with Crippen LogP contribution in [0.25, 0.3) is 0 Å². The summed E-state index contributed by atoms with van der Waals surface area (Å²) >= 11 is 0. The molecule has 0 saturated carbocycles. The fourth-order valence-corrected chi connectivity index (χ4v) is 4.81. The maximum absolute atomic E-state index is 14.1. The second kappa shape index (κ2) is 10.1. The highest BCUT2D eigenvalue weighted by atomic mass is 19.1. The van der Waals surface area contributed by atoms with Gasteiger partial charge in [-0.25, -0.2) is 9.18 Å². The van der Waals surface area contributed by atoms with Crippen molar-refractivity contribution in [3.8, 4) is 5.75 Å². The minimum absolute atomic E-state index is 0.134. The van der Waals surface area contributed by atoms with E-state index in [1.807, 2.05) is 26.0 Å². The Balaban J connectivity index is 1.53. The zero-order chi connectivity index (χ0) is 24.3. The SMILES string of the molecule is CC(C)CNC1=NC(=O)N(c2cccc(F)c2)C12CCN(Cc1cccc(OC(C)C)c1)CC2. The third-order valence-corrected chi connectivity index (χ3v) is 6.37. The molecule has 1 spiro atoms. The number of rotatable bonds is 7. The van der Waals surface area contributed by atoms with Gasteiger partial charge in [0, 0.05) is 31.9 Å². The average molecular weight is 467 g/mol. The number of urea groups is 1. The van der Waals surface area contributed by atoms with E-state index in [0.29, 0.717) is 17.4 Å². The first-order valence-electron chi connectivity index (χ1n) is 12.2. The molecule has 34 heavy (non-hydrogen) atoms. The van der Waals surface area contributed by atoms with E-state index in [1.165, 1.54) is 17.7 Å². The monoisotopic (exact) mass is 466 g/mol. The molecule has 0 aliphatic carbocycles. The predicted molar refractivity (Wildman–Crippen MR) is 134 cm³/mol. The molecular weight excluding hydrogens is 431 g/mol. The molecule has 2 aliphatic heterocycles. The molecule has 0 unspecified atom stereocenters. The largest absolute Gasteiger partial charge is 0.491 e. The number of carbonyl (C=O) groups is 1. The number of hydrogen-bond acceptors (Lipinski definition) is 4. The van der Waals surface area contributed by atoms with Gasteiger partial charge in [0.05, 0.1) is 6.10 Å². The number of hydrogen-bond donors (Lipinski definition) is 1. The molecule has 182 valence electrons. The Morgan fingerprint density at radius 2 is 1.82 bits per heavy atom. The summed E-state index contributed by atoms with van der Waals surface area (Å²) in [5.41, 5.74) is 1.17. The van der Waals surface area contributed by atoms with E-state index in [-0.39, 0.29) is 18.0 Å². The van der Waals surface area contributed by atoms with Crippen LogP contribution in [0.1, 0.15) is 46.1 Å². The van der Waals surface area contributed by atoms with Gasteiger partial charge >= 0.3 is 6.03 Å². The topological polar surface area (TPSA) is 57.2 Å². The number of carbonyl (C=O) groups excluding carboxylic acids is 1. The molecule has 2 aromatic rings. The molecule has 7 heteroatoms. The first kappa shape index (κ1) is 24.2. The number of benzene rings is 2. The van der Waals surface area contributed by atoms with Gasteiger partial charge in [-0.3, -0.25) is 9.80 Å². The highest BCUT2D eigenvalue weighted by molar-refractivity contribution is 6.16. The molecule has 4 rings (SSSR count). The fraction of sp³-hybridized carbons (Fsp3) is 0.481. The summed E-state index contributed by atoms with van der Waals surface area (Å²) < 4.78 is 19.9. The van der Waals surface area contributed by atoms with Gasteiger partial charge in [0.25, 0.3) is 0 Å². The molecule has 2 amide bonds. The standard InChI is InChI=1S/C27H35FN4O2/c1-19(2)17-29-25-27(32(26(33)30-25)23-9-6-8-22(28)16-23)11-13-31(14-12-27)18-21-7-5-10-24(15-21)34-20(3)4/h5-10,15-16,19-20H,11-14,17-18H2,1-4H3,(H,29,30,33). The molecule has 2 heterocycles. The van der Waals surface area contributed by atoms with Gasteiger partial charge in [-0.15, -0.1) is 0 Å². The van der Waals surface area contributed by atoms with Crippen molar-refractivity contribution in [1.29, 1.82) is 0 Å². The van der Waals surface area contributed by atoms with E-state index in [1.54, 1.807) is 17.0 Å². The van der Waals surface area contributed by atoms with E-state index >= 15 is 0 Å². The van der Waals surface area contributed by atoms with Gasteiger partial charge in [0.15, 0.2) is 0 Å². The third-order valence-electron chi connectivity index (χ3n) is 6.37. The lowest BCUT2D eigenvalue weighted by molar-refractivity contribution is 0.181. The summed E-state index contributed by atoms with van der Waals surface area (Å²) in [5, 5.41) is 3.44. The molecule has 0 radical (unpaired) electrons. The van der Waals surface area contributed by atoms with Crippen molar-refractivity contribution in [3.05, 3.63) is 59.9 Å². The molecular formula is C27H35FN4O2. The van der Waals surface area contributed by atoms with E-state index in [9.17, 15) is 9.18 Å². The predicted octanol–water partition coefficient (Wildman–Crippen LogP) is 5.23. The van der Waals surface area contributed by atoms with Crippen LogP contribution in [0.5, 0.6) is 5.75 Å². The lowest BCUT2D eigenvalue weighted by Crippen LogP contribution is -2.61. The van der Waals surface area contributed by atoms with E-state index < -0.39 is 5.54 Å². The summed E-state index contributed by atoms with van der Waals surface area (Å²) in [6.45, 7) is 11.4. The fourth-order valence-electron chi connectivity index (χ4n) is 4.81. The number of aliphatic imine (C=N–C) groups is 1. The van der Waals surface area contributed by atoms with Crippen LogP contribution in [-0.4, -0.2) is 48.0 Å². The summed E-state index contributed by atoms with van der Waals surface area (Å²) in [4.78, 5) is 21.6. The lowest BCUT2D eigenvalue weighted by Gasteiger charge is -2.45. The average Bonchev–Trinajstić information content (AvgIpc) is 3.04. The van der Waals surface area contributed by atoms with Crippen molar-refractivity contribution in [1.82, 2.24) is 10.2 Å². The third kappa shape index (κ3) is 5.25. The number of amidine groups is 1. The summed E-state index contributed by atoms with van der Waals surface area (Å²) in [6.07, 6.45) is 1.58. The molecule has 2 aliphatic rings. The Hall–Kier alpha value is -2.93. The minimum Gasteiger partial charge on any atom is -0.491 e. The van der Waals surface area contributed by atoms with Crippen LogP contribution in [0.3, 0.4) is 0 Å². The number of likely N-dealkylation sites (tertiary alicyclic amines) is 1. The maximum atomic E-state index is 14.1. The van der Waals surface area contributed by atoms with Crippen molar-refractivity contribution in [2.24, 2.45) is 10.9 Å². The molecule has 0 aromatic heterocycles. The second-order valence-electron chi connectivity index (χ2n) is 9.95. The van der Waals surface area contributed by atoms with Crippen LogP contribution in [0.4, 0.5) is 14.9 Å². The Kier molecular flexibility index (Phi) is 7.22. The van der Waals surface area contributed by atoms with E-state index in [4.69, 9.17) is 4.74 Å². The Morgan fingerprint density at radius 3 is 2.50 bits per heavy atom. The Labute approximate surface area is 201 Å². The highest BCUT2D eigenvalue weighted by Crippen LogP contribution is 2.39. The quantitative estimate of drug-likeness (QED) is 0.607. The van der Waals surface area contributed by atoms with E-state index in [0.717, 1.165) is 44.8 Å². The van der Waals surface area contributed by atoms with Gasteiger partial charge < -0.3 is 10.1 Å². The van der Waals surface area contributed by atoms with Gasteiger partial charge in [-0.2, -0.15) is 4.99 Å². The first-order chi connectivity index (χ1) is 16.3. The van der Waals surface area contributed by atoms with E-state index in [2.05, 4.69) is 41.2 Å². The van der Waals surface area contributed by atoms with Crippen LogP contribution in [-0.2, 0) is 6.54 Å². The van der Waals surface area contributed by atoms with Crippen LogP contribution in [0, 0.1) is 11.7 Å². The highest BCUT2D eigenvalue weighted by Gasteiger charge is 2.51. The van der Waals surface area contributed by atoms with Crippen LogP contribution in [0.15, 0.2) is 53.5 Å². The van der Waals surface area contributed by atoms with Gasteiger partial charge in [0.1, 0.15) is 22.9 Å². The zero-order valence-electron chi connectivity index (χ0n) is 20.6. The summed E-state index contributed by atoms with van der Waals surface area (Å²) in [7, 11) is 0. The molecule has 6 nitrogen and oxygen atoms in total. The molecule has 0 atom stereocenters. The van der Waals surface area contributed by atoms with Crippen molar-refractivity contribution in [3.63, 3.8) is 0 Å². The molecule has 1 N–H and O–H groups in total. The Bertz CT molecular complexity index is 1040. The first-order valence-corrected chi connectivity index (χ1v) is 12.2. The number of ether oxygens (including phenoxy) is 1. The van der Waals surface area contributed by atoms with Crippen molar-refractivity contribution in [2.45, 2.75) is 58.7 Å². The van der Waals surface area contributed by atoms with Crippen LogP contribution >= 0.6 is 0 Å². The summed E-state index contributed by atoms with van der Waals surface area (Å²) in [6, 6.07) is 14.2. The van der Waals surface area contributed by atoms with Crippen LogP contribution < -0.4 is 15.0 Å². The number of piperidine rings is 1. The number of anilines is 1. The number of amides is 2. The van der Waals surface area contributed by atoms with Gasteiger partial charge in [-0.05, 0) is 68.5 Å². The maximum Gasteiger partial charge on any atom is 0.350 e. The lowest BCUT2D eigenvalue weighted by atomic mass is 9.84. The normalized spacial score (nSPS) is 18.1. The smallest absolute Gasteiger partial charge is 0.350 e. The van der Waals surface area contributed by atoms with Crippen molar-refractivity contribution >= 4 is 17.6 Å². The number of nitrogens with one attached hydrogen (secondary N) is 1. The molecule has 0 bridgehead atoms. The van der Waals surface area contributed by atoms with Gasteiger partial charge in [0.2, 0.25) is 0 Å². The van der Waals surface area contributed by atoms with Crippen molar-refractivity contribution in [2.75, 3.05) is 24.5 Å². The van der Waals surface area contributed by atoms with Crippen LogP contribution in [0.2, 0.25) is 0 Å².